The SMILES string of the molecule is CCCCCCCCCCCCCCCCCCCCCCCCC/C=C/CCCc1ccccc1/N=C(CCCCCC)\C(CCCC)=N\c1ccccc1CCC/C=C/CCCCCCCCCCCCCCCCCCCCCCCCC.[Ni]. The van der Waals surface area contributed by atoms with Crippen molar-refractivity contribution >= 4 is 22.8 Å². The van der Waals surface area contributed by atoms with Crippen molar-refractivity contribution in [3.63, 3.8) is 0 Å². The van der Waals surface area contributed by atoms with Crippen LogP contribution in [0.5, 0.6) is 0 Å². The molecule has 0 saturated heterocycles. The van der Waals surface area contributed by atoms with Crippen molar-refractivity contribution in [2.45, 2.75) is 426 Å². The molecule has 0 saturated carbocycles. The van der Waals surface area contributed by atoms with Crippen LogP contribution in [0.2, 0.25) is 0 Å². The van der Waals surface area contributed by atoms with Crippen LogP contribution in [0.4, 0.5) is 11.4 Å². The molecule has 2 nitrogen and oxygen atoms in total. The minimum absolute atomic E-state index is 0. The molecule has 0 unspecified atom stereocenters. The van der Waals surface area contributed by atoms with Gasteiger partial charge < -0.3 is 0 Å². The Labute approximate surface area is 555 Å². The van der Waals surface area contributed by atoms with E-state index in [1.807, 2.05) is 0 Å². The Kier molecular flexibility index (Phi) is 64.8. The van der Waals surface area contributed by atoms with Crippen molar-refractivity contribution in [1.82, 2.24) is 0 Å². The summed E-state index contributed by atoms with van der Waals surface area (Å²) in [4.78, 5) is 11.1. The molecule has 504 valence electrons. The monoisotopic (exact) mass is 1240 g/mol. The number of allylic oxidation sites excluding steroid dienone is 4. The molecule has 2 aromatic rings. The molecule has 0 aliphatic carbocycles. The van der Waals surface area contributed by atoms with Crippen molar-refractivity contribution in [2.24, 2.45) is 9.98 Å². The Morgan fingerprint density at radius 1 is 0.241 bits per heavy atom. The zero-order valence-electron chi connectivity index (χ0n) is 59.0. The van der Waals surface area contributed by atoms with E-state index in [2.05, 4.69) is 101 Å². The smallest absolute Gasteiger partial charge is 0.0665 e. The van der Waals surface area contributed by atoms with Crippen LogP contribution < -0.4 is 0 Å². The minimum atomic E-state index is 0. The van der Waals surface area contributed by atoms with E-state index >= 15 is 0 Å². The van der Waals surface area contributed by atoms with Gasteiger partial charge in [0.15, 0.2) is 0 Å². The summed E-state index contributed by atoms with van der Waals surface area (Å²) in [5.41, 5.74) is 7.53. The Morgan fingerprint density at radius 3 is 0.713 bits per heavy atom. The molecule has 0 heterocycles. The van der Waals surface area contributed by atoms with Crippen LogP contribution in [0.25, 0.3) is 0 Å². The van der Waals surface area contributed by atoms with Crippen molar-refractivity contribution in [1.29, 1.82) is 0 Å². The molecular formula is C84H148N2Ni. The number of aliphatic imine (C=N–C) groups is 2. The first-order valence-electron chi connectivity index (χ1n) is 39.3. The summed E-state index contributed by atoms with van der Waals surface area (Å²) < 4.78 is 0. The maximum Gasteiger partial charge on any atom is 0.0665 e. The van der Waals surface area contributed by atoms with Gasteiger partial charge in [-0.1, -0.05) is 397 Å². The third-order valence-electron chi connectivity index (χ3n) is 18.8. The van der Waals surface area contributed by atoms with Crippen LogP contribution in [0, 0.1) is 0 Å². The first-order valence-corrected chi connectivity index (χ1v) is 39.3. The van der Waals surface area contributed by atoms with Gasteiger partial charge >= 0.3 is 0 Å². The van der Waals surface area contributed by atoms with Gasteiger partial charge in [0.1, 0.15) is 0 Å². The van der Waals surface area contributed by atoms with Gasteiger partial charge in [-0.15, -0.1) is 0 Å². The topological polar surface area (TPSA) is 24.7 Å². The number of rotatable bonds is 67. The van der Waals surface area contributed by atoms with E-state index < -0.39 is 0 Å². The first kappa shape index (κ1) is 82.8. The van der Waals surface area contributed by atoms with E-state index in [4.69, 9.17) is 9.98 Å². The van der Waals surface area contributed by atoms with Gasteiger partial charge in [0.05, 0.1) is 22.8 Å². The fraction of sp³-hybridized carbons (Fsp3) is 0.786. The van der Waals surface area contributed by atoms with E-state index in [1.54, 1.807) is 0 Å². The van der Waals surface area contributed by atoms with Crippen LogP contribution in [0.3, 0.4) is 0 Å². The number of aryl methyl sites for hydroxylation is 2. The summed E-state index contributed by atoms with van der Waals surface area (Å²) in [5.74, 6) is 0. The summed E-state index contributed by atoms with van der Waals surface area (Å²) in [6, 6.07) is 18.0. The molecule has 0 aliphatic rings. The van der Waals surface area contributed by atoms with Crippen molar-refractivity contribution in [3.8, 4) is 0 Å². The second kappa shape index (κ2) is 68.1. The standard InChI is InChI=1S/C84H148N2.Ni/c1-5-9-13-16-18-20-22-24-26-28-30-32-34-36-38-40-42-44-46-48-50-52-54-56-58-60-62-64-71-79-73-67-69-76-81(79)85-83(75-12-8-4)84(78-66-15-11-7-3)86-82-77-70-68-74-80(82)72-65-63-61-59-57-55-53-51-49-47-45-43-41-39-37-35-33-31-29-27-25-23-21-19-17-14-10-6-2;/h58-61,67-70,73-74,76-77H,5-57,62-66,71-72,75,78H2,1-4H3;/b60-58+,61-59+,85-83+,86-84-;. The number of unbranched alkanes of at least 4 members (excludes halogenated alkanes) is 52. The predicted octanol–water partition coefficient (Wildman–Crippen LogP) is 30.2. The molecule has 0 atom stereocenters. The molecule has 0 bridgehead atoms. The second-order valence-electron chi connectivity index (χ2n) is 27.1. The summed E-state index contributed by atoms with van der Waals surface area (Å²) in [5, 5.41) is 0. The van der Waals surface area contributed by atoms with Crippen LogP contribution in [0.15, 0.2) is 82.8 Å². The molecule has 2 rings (SSSR count). The third kappa shape index (κ3) is 54.1. The number of hydrogen-bond acceptors (Lipinski definition) is 2. The average molecular weight is 1240 g/mol. The van der Waals surface area contributed by atoms with Gasteiger partial charge in [-0.2, -0.15) is 0 Å². The van der Waals surface area contributed by atoms with Gasteiger partial charge in [0, 0.05) is 16.5 Å². The quantitative estimate of drug-likeness (QED) is 0.0273. The minimum Gasteiger partial charge on any atom is -0.251 e. The maximum absolute atomic E-state index is 5.58. The molecule has 0 aromatic heterocycles. The maximum atomic E-state index is 5.58. The third-order valence-corrected chi connectivity index (χ3v) is 18.8. The fourth-order valence-corrected chi connectivity index (χ4v) is 12.9. The molecule has 0 amide bonds. The zero-order valence-corrected chi connectivity index (χ0v) is 60.0. The van der Waals surface area contributed by atoms with Crippen LogP contribution in [-0.2, 0) is 29.3 Å². The second-order valence-corrected chi connectivity index (χ2v) is 27.1. The Hall–Kier alpha value is -2.25. The normalized spacial score (nSPS) is 12.2. The van der Waals surface area contributed by atoms with Gasteiger partial charge in [-0.05, 0) is 113 Å². The zero-order chi connectivity index (χ0) is 61.2. The Balaban J connectivity index is 0.0000378. The first-order chi connectivity index (χ1) is 42.7. The van der Waals surface area contributed by atoms with Crippen molar-refractivity contribution in [3.05, 3.63) is 84.0 Å². The molecule has 0 N–H and O–H groups in total. The Bertz CT molecular complexity index is 1820. The van der Waals surface area contributed by atoms with E-state index in [-0.39, 0.29) is 16.5 Å². The molecule has 3 heteroatoms. The van der Waals surface area contributed by atoms with E-state index in [9.17, 15) is 0 Å². The van der Waals surface area contributed by atoms with Crippen molar-refractivity contribution < 1.29 is 16.5 Å². The van der Waals surface area contributed by atoms with Crippen LogP contribution >= 0.6 is 0 Å². The molecule has 2 aromatic carbocycles. The number of para-hydroxylation sites is 2. The largest absolute Gasteiger partial charge is 0.251 e. The number of benzene rings is 2. The summed E-state index contributed by atoms with van der Waals surface area (Å²) in [6.45, 7) is 9.25. The van der Waals surface area contributed by atoms with Gasteiger partial charge in [0.2, 0.25) is 0 Å². The molecular weight excluding hydrogens is 1100 g/mol. The molecule has 0 fully saturated rings. The van der Waals surface area contributed by atoms with Gasteiger partial charge in [-0.3, -0.25) is 9.98 Å². The molecule has 0 aliphatic heterocycles. The Morgan fingerprint density at radius 2 is 0.448 bits per heavy atom. The molecule has 0 spiro atoms. The fourth-order valence-electron chi connectivity index (χ4n) is 12.9. The average Bonchev–Trinajstić information content (AvgIpc) is 3.73. The van der Waals surface area contributed by atoms with E-state index in [1.165, 1.54) is 376 Å². The van der Waals surface area contributed by atoms with Gasteiger partial charge in [0.25, 0.3) is 0 Å². The number of hydrogen-bond donors (Lipinski definition) is 0. The molecule has 87 heavy (non-hydrogen) atoms. The van der Waals surface area contributed by atoms with Crippen molar-refractivity contribution in [2.75, 3.05) is 0 Å². The number of nitrogens with zero attached hydrogens (tertiary/aromatic N) is 2. The van der Waals surface area contributed by atoms with E-state index in [0.29, 0.717) is 0 Å². The van der Waals surface area contributed by atoms with Gasteiger partial charge in [-0.25, -0.2) is 0 Å². The predicted molar refractivity (Wildman–Crippen MR) is 392 cm³/mol. The van der Waals surface area contributed by atoms with E-state index in [0.717, 1.165) is 56.3 Å². The van der Waals surface area contributed by atoms with Crippen LogP contribution in [-0.4, -0.2) is 11.4 Å². The summed E-state index contributed by atoms with van der Waals surface area (Å²) in [7, 11) is 0. The molecule has 0 radical (unpaired) electrons. The van der Waals surface area contributed by atoms with Crippen LogP contribution in [0.1, 0.15) is 424 Å². The summed E-state index contributed by atoms with van der Waals surface area (Å²) in [6.07, 6.45) is 95.1. The summed E-state index contributed by atoms with van der Waals surface area (Å²) >= 11 is 0.